The number of aromatic nitrogens is 4. The highest BCUT2D eigenvalue weighted by Crippen LogP contribution is 2.49. The van der Waals surface area contributed by atoms with Crippen molar-refractivity contribution in [3.05, 3.63) is 29.0 Å². The van der Waals surface area contributed by atoms with E-state index < -0.39 is 0 Å². The van der Waals surface area contributed by atoms with Gasteiger partial charge in [0, 0.05) is 30.9 Å². The lowest BCUT2D eigenvalue weighted by Gasteiger charge is -2.18. The van der Waals surface area contributed by atoms with Gasteiger partial charge in [0.2, 0.25) is 5.91 Å². The maximum atomic E-state index is 11.8. The number of nitrogens with zero attached hydrogens (tertiary/aromatic N) is 3. The smallest absolute Gasteiger partial charge is 0.223 e. The van der Waals surface area contributed by atoms with E-state index in [1.54, 1.807) is 11.8 Å². The molecule has 0 aliphatic heterocycles. The number of aromatic amines is 2. The topological polar surface area (TPSA) is 77.7 Å². The average molecular weight is 349 g/mol. The highest BCUT2D eigenvalue weighted by atomic mass is 16.2. The second-order valence-corrected chi connectivity index (χ2v) is 7.71. The first-order valence-corrected chi connectivity index (χ1v) is 9.38. The van der Waals surface area contributed by atoms with Crippen molar-refractivity contribution in [2.24, 2.45) is 11.8 Å². The third-order valence-corrected chi connectivity index (χ3v) is 6.08. The quantitative estimate of drug-likeness (QED) is 0.762. The number of hydrogen-bond acceptors (Lipinski definition) is 3. The van der Waals surface area contributed by atoms with Crippen LogP contribution in [-0.4, -0.2) is 33.1 Å². The van der Waals surface area contributed by atoms with Gasteiger partial charge in [-0.25, -0.2) is 4.98 Å². The lowest BCUT2D eigenvalue weighted by atomic mass is 9.96. The Morgan fingerprint density at radius 2 is 2.12 bits per heavy atom. The van der Waals surface area contributed by atoms with Crippen LogP contribution in [0.5, 0.6) is 0 Å². The SMILES string of the molecule is CCc1cc2[nH]c(-c3n[nH]c4c3CC3C[C@@H]3C4)nc2cc1N(C)C(C)=O. The number of aryl methyl sites for hydroxylation is 1. The molecule has 0 bridgehead atoms. The number of anilines is 1. The van der Waals surface area contributed by atoms with Crippen LogP contribution < -0.4 is 4.90 Å². The Morgan fingerprint density at radius 1 is 1.31 bits per heavy atom. The first-order valence-electron chi connectivity index (χ1n) is 9.38. The minimum Gasteiger partial charge on any atom is -0.337 e. The maximum absolute atomic E-state index is 11.8. The Balaban J connectivity index is 1.60. The van der Waals surface area contributed by atoms with Gasteiger partial charge in [-0.15, -0.1) is 0 Å². The monoisotopic (exact) mass is 349 g/mol. The molecule has 6 nitrogen and oxygen atoms in total. The molecular weight excluding hydrogens is 326 g/mol. The van der Waals surface area contributed by atoms with E-state index in [4.69, 9.17) is 4.98 Å². The largest absolute Gasteiger partial charge is 0.337 e. The number of carbonyl (C=O) groups is 1. The standard InChI is InChI=1S/C20H23N5O/c1-4-11-7-16-17(9-18(11)25(3)10(2)26)22-20(21-16)19-14-6-12-5-13(12)8-15(14)23-24-19/h7,9,12-13H,4-6,8H2,1-3H3,(H,21,22)(H,23,24)/t12?,13-/m1/s1. The van der Waals surface area contributed by atoms with Gasteiger partial charge in [0.25, 0.3) is 0 Å². The van der Waals surface area contributed by atoms with Gasteiger partial charge in [-0.05, 0) is 55.2 Å². The van der Waals surface area contributed by atoms with Crippen LogP contribution in [0.15, 0.2) is 12.1 Å². The zero-order chi connectivity index (χ0) is 18.0. The van der Waals surface area contributed by atoms with E-state index in [-0.39, 0.29) is 5.91 Å². The molecule has 2 heterocycles. The van der Waals surface area contributed by atoms with Crippen LogP contribution in [0.1, 0.15) is 37.1 Å². The molecule has 2 aromatic heterocycles. The Labute approximate surface area is 152 Å². The molecule has 2 aliphatic rings. The predicted molar refractivity (Wildman–Crippen MR) is 101 cm³/mol. The summed E-state index contributed by atoms with van der Waals surface area (Å²) in [6, 6.07) is 4.11. The summed E-state index contributed by atoms with van der Waals surface area (Å²) < 4.78 is 0. The molecule has 1 saturated carbocycles. The van der Waals surface area contributed by atoms with Crippen molar-refractivity contribution in [1.82, 2.24) is 20.2 Å². The molecule has 2 aliphatic carbocycles. The summed E-state index contributed by atoms with van der Waals surface area (Å²) in [5.74, 6) is 2.55. The number of amides is 1. The molecule has 3 aromatic rings. The van der Waals surface area contributed by atoms with Crippen molar-refractivity contribution in [3.63, 3.8) is 0 Å². The predicted octanol–water partition coefficient (Wildman–Crippen LogP) is 3.23. The van der Waals surface area contributed by atoms with Gasteiger partial charge < -0.3 is 9.88 Å². The summed E-state index contributed by atoms with van der Waals surface area (Å²) >= 11 is 0. The maximum Gasteiger partial charge on any atom is 0.223 e. The third kappa shape index (κ3) is 2.28. The molecule has 134 valence electrons. The van der Waals surface area contributed by atoms with Crippen molar-refractivity contribution in [3.8, 4) is 11.5 Å². The molecule has 0 radical (unpaired) electrons. The van der Waals surface area contributed by atoms with Crippen LogP contribution in [0.4, 0.5) is 5.69 Å². The minimum absolute atomic E-state index is 0.0233. The number of fused-ring (bicyclic) bond motifs is 3. The summed E-state index contributed by atoms with van der Waals surface area (Å²) in [7, 11) is 1.81. The number of hydrogen-bond donors (Lipinski definition) is 2. The van der Waals surface area contributed by atoms with Gasteiger partial charge in [-0.3, -0.25) is 9.89 Å². The highest BCUT2D eigenvalue weighted by Gasteiger charge is 2.43. The van der Waals surface area contributed by atoms with E-state index in [0.29, 0.717) is 0 Å². The van der Waals surface area contributed by atoms with Crippen molar-refractivity contribution >= 4 is 22.6 Å². The molecule has 26 heavy (non-hydrogen) atoms. The van der Waals surface area contributed by atoms with Crippen LogP contribution in [0.2, 0.25) is 0 Å². The van der Waals surface area contributed by atoms with Crippen LogP contribution in [-0.2, 0) is 24.1 Å². The van der Waals surface area contributed by atoms with E-state index in [0.717, 1.165) is 64.9 Å². The average Bonchev–Trinajstić information content (AvgIpc) is 3.07. The minimum atomic E-state index is 0.0233. The molecule has 1 amide bonds. The Morgan fingerprint density at radius 3 is 2.88 bits per heavy atom. The van der Waals surface area contributed by atoms with Crippen molar-refractivity contribution in [2.75, 3.05) is 11.9 Å². The van der Waals surface area contributed by atoms with Crippen LogP contribution in [0, 0.1) is 11.8 Å². The van der Waals surface area contributed by atoms with E-state index in [9.17, 15) is 4.79 Å². The summed E-state index contributed by atoms with van der Waals surface area (Å²) in [6.45, 7) is 3.69. The fourth-order valence-electron chi connectivity index (χ4n) is 4.29. The normalized spacial score (nSPS) is 20.7. The van der Waals surface area contributed by atoms with E-state index in [1.165, 1.54) is 17.7 Å². The van der Waals surface area contributed by atoms with E-state index in [2.05, 4.69) is 28.2 Å². The first-order chi connectivity index (χ1) is 12.5. The molecule has 0 saturated heterocycles. The zero-order valence-electron chi connectivity index (χ0n) is 15.4. The van der Waals surface area contributed by atoms with Gasteiger partial charge >= 0.3 is 0 Å². The fraction of sp³-hybridized carbons (Fsp3) is 0.450. The fourth-order valence-corrected chi connectivity index (χ4v) is 4.29. The first kappa shape index (κ1) is 15.6. The summed E-state index contributed by atoms with van der Waals surface area (Å²) in [5.41, 5.74) is 7.50. The number of carbonyl (C=O) groups excluding carboxylic acids is 1. The van der Waals surface area contributed by atoms with Crippen LogP contribution in [0.3, 0.4) is 0 Å². The number of nitrogens with one attached hydrogen (secondary N) is 2. The molecule has 2 N–H and O–H groups in total. The lowest BCUT2D eigenvalue weighted by Crippen LogP contribution is -2.24. The van der Waals surface area contributed by atoms with Gasteiger partial charge in [0.05, 0.1) is 11.0 Å². The van der Waals surface area contributed by atoms with Gasteiger partial charge in [0.1, 0.15) is 5.69 Å². The molecular formula is C20H23N5O. The Bertz CT molecular complexity index is 1030. The Kier molecular flexibility index (Phi) is 3.26. The van der Waals surface area contributed by atoms with Crippen LogP contribution in [0.25, 0.3) is 22.6 Å². The number of benzene rings is 1. The van der Waals surface area contributed by atoms with Crippen LogP contribution >= 0.6 is 0 Å². The molecule has 1 aromatic carbocycles. The molecule has 2 atom stereocenters. The molecule has 1 unspecified atom stereocenters. The van der Waals surface area contributed by atoms with E-state index >= 15 is 0 Å². The third-order valence-electron chi connectivity index (χ3n) is 6.08. The number of H-pyrrole nitrogens is 2. The second-order valence-electron chi connectivity index (χ2n) is 7.71. The van der Waals surface area contributed by atoms with Gasteiger partial charge in [0.15, 0.2) is 5.82 Å². The summed E-state index contributed by atoms with van der Waals surface area (Å²) in [4.78, 5) is 21.8. The van der Waals surface area contributed by atoms with Crippen molar-refractivity contribution in [1.29, 1.82) is 0 Å². The number of rotatable bonds is 3. The molecule has 6 heteroatoms. The molecule has 5 rings (SSSR count). The highest BCUT2D eigenvalue weighted by molar-refractivity contribution is 5.95. The second kappa shape index (κ2) is 5.43. The Hall–Kier alpha value is -2.63. The van der Waals surface area contributed by atoms with Gasteiger partial charge in [-0.2, -0.15) is 5.10 Å². The lowest BCUT2D eigenvalue weighted by molar-refractivity contribution is -0.116. The number of imidazole rings is 1. The van der Waals surface area contributed by atoms with E-state index in [1.807, 2.05) is 13.1 Å². The van der Waals surface area contributed by atoms with Gasteiger partial charge in [-0.1, -0.05) is 6.92 Å². The molecule has 1 fully saturated rings. The summed E-state index contributed by atoms with van der Waals surface area (Å²) in [6.07, 6.45) is 4.45. The molecule has 0 spiro atoms. The van der Waals surface area contributed by atoms with Crippen molar-refractivity contribution < 1.29 is 4.79 Å². The zero-order valence-corrected chi connectivity index (χ0v) is 15.4. The summed E-state index contributed by atoms with van der Waals surface area (Å²) in [5, 5.41) is 7.79. The van der Waals surface area contributed by atoms with Crippen molar-refractivity contribution in [2.45, 2.75) is 39.5 Å².